The van der Waals surface area contributed by atoms with Crippen LogP contribution in [0.1, 0.15) is 10.6 Å². The number of nitrogens with zero attached hydrogens (tertiary/aromatic N) is 2. The summed E-state index contributed by atoms with van der Waals surface area (Å²) in [7, 11) is 0. The monoisotopic (exact) mass is 299 g/mol. The Balaban J connectivity index is 1.77. The number of benzene rings is 1. The van der Waals surface area contributed by atoms with Crippen molar-refractivity contribution in [2.45, 2.75) is 20.0 Å². The lowest BCUT2D eigenvalue weighted by Crippen LogP contribution is -2.29. The van der Waals surface area contributed by atoms with Gasteiger partial charge in [0.1, 0.15) is 5.69 Å². The van der Waals surface area contributed by atoms with E-state index in [4.69, 9.17) is 0 Å². The second-order valence-electron chi connectivity index (χ2n) is 4.90. The molecule has 2 aromatic heterocycles. The van der Waals surface area contributed by atoms with Crippen LogP contribution < -0.4 is 10.9 Å². The normalized spacial score (nSPS) is 11.1. The topological polar surface area (TPSA) is 46.9 Å². The Morgan fingerprint density at radius 3 is 2.90 bits per heavy atom. The molecule has 0 saturated carbocycles. The fraction of sp³-hybridized carbons (Fsp3) is 0.250. The van der Waals surface area contributed by atoms with Crippen LogP contribution in [-0.2, 0) is 13.1 Å². The van der Waals surface area contributed by atoms with Crippen LogP contribution >= 0.6 is 11.3 Å². The third-order valence-corrected chi connectivity index (χ3v) is 4.28. The molecule has 108 valence electrons. The van der Waals surface area contributed by atoms with Gasteiger partial charge in [-0.15, -0.1) is 11.3 Å². The predicted molar refractivity (Wildman–Crippen MR) is 86.8 cm³/mol. The summed E-state index contributed by atoms with van der Waals surface area (Å²) in [6.45, 7) is 4.01. The first kappa shape index (κ1) is 14.0. The van der Waals surface area contributed by atoms with E-state index in [0.29, 0.717) is 12.2 Å². The molecule has 0 spiro atoms. The van der Waals surface area contributed by atoms with Crippen molar-refractivity contribution in [1.29, 1.82) is 0 Å². The highest BCUT2D eigenvalue weighted by molar-refractivity contribution is 7.09. The summed E-state index contributed by atoms with van der Waals surface area (Å²) in [5, 5.41) is 5.45. The molecule has 0 aliphatic rings. The molecule has 0 saturated heterocycles. The summed E-state index contributed by atoms with van der Waals surface area (Å²) in [5.41, 5.74) is 2.30. The van der Waals surface area contributed by atoms with Gasteiger partial charge in [-0.1, -0.05) is 18.2 Å². The summed E-state index contributed by atoms with van der Waals surface area (Å²) in [6, 6.07) is 11.9. The average molecular weight is 299 g/mol. The summed E-state index contributed by atoms with van der Waals surface area (Å²) in [6.07, 6.45) is 0. The van der Waals surface area contributed by atoms with Crippen LogP contribution in [0.2, 0.25) is 0 Å². The zero-order valence-corrected chi connectivity index (χ0v) is 12.7. The van der Waals surface area contributed by atoms with E-state index in [-0.39, 0.29) is 5.56 Å². The molecular weight excluding hydrogens is 282 g/mol. The molecule has 3 aromatic rings. The Morgan fingerprint density at radius 1 is 1.24 bits per heavy atom. The van der Waals surface area contributed by atoms with Crippen molar-refractivity contribution in [3.05, 3.63) is 62.7 Å². The van der Waals surface area contributed by atoms with E-state index in [1.807, 2.05) is 30.3 Å². The first-order valence-corrected chi connectivity index (χ1v) is 7.83. The number of para-hydroxylation sites is 2. The lowest BCUT2D eigenvalue weighted by Gasteiger charge is -2.11. The maximum atomic E-state index is 12.3. The minimum Gasteiger partial charge on any atom is -0.310 e. The second kappa shape index (κ2) is 6.20. The molecule has 0 amide bonds. The molecule has 0 aliphatic heterocycles. The number of nitrogens with one attached hydrogen (secondary N) is 1. The van der Waals surface area contributed by atoms with Crippen molar-refractivity contribution >= 4 is 22.4 Å². The van der Waals surface area contributed by atoms with Crippen LogP contribution in [-0.4, -0.2) is 16.1 Å². The van der Waals surface area contributed by atoms with Gasteiger partial charge in [0.15, 0.2) is 0 Å². The van der Waals surface area contributed by atoms with Crippen molar-refractivity contribution in [1.82, 2.24) is 14.9 Å². The van der Waals surface area contributed by atoms with E-state index < -0.39 is 0 Å². The maximum Gasteiger partial charge on any atom is 0.272 e. The fourth-order valence-corrected chi connectivity index (χ4v) is 3.03. The van der Waals surface area contributed by atoms with Crippen molar-refractivity contribution in [3.8, 4) is 0 Å². The Bertz CT molecular complexity index is 793. The number of rotatable bonds is 5. The largest absolute Gasteiger partial charge is 0.310 e. The van der Waals surface area contributed by atoms with Crippen molar-refractivity contribution in [2.75, 3.05) is 6.54 Å². The molecule has 3 rings (SSSR count). The molecule has 0 radical (unpaired) electrons. The number of hydrogen-bond acceptors (Lipinski definition) is 4. The third-order valence-electron chi connectivity index (χ3n) is 3.41. The molecule has 0 bridgehead atoms. The molecule has 1 aromatic carbocycles. The number of aryl methyl sites for hydroxylation is 1. The second-order valence-corrected chi connectivity index (χ2v) is 5.93. The highest BCUT2D eigenvalue weighted by atomic mass is 32.1. The summed E-state index contributed by atoms with van der Waals surface area (Å²) in [4.78, 5) is 17.9. The van der Waals surface area contributed by atoms with Crippen LogP contribution in [0.15, 0.2) is 46.6 Å². The molecular formula is C16H17N3OS. The van der Waals surface area contributed by atoms with Gasteiger partial charge in [0, 0.05) is 24.5 Å². The Morgan fingerprint density at radius 2 is 2.10 bits per heavy atom. The van der Waals surface area contributed by atoms with Crippen LogP contribution in [0.25, 0.3) is 11.0 Å². The van der Waals surface area contributed by atoms with Crippen molar-refractivity contribution in [2.24, 2.45) is 0 Å². The van der Waals surface area contributed by atoms with Gasteiger partial charge in [-0.05, 0) is 30.5 Å². The van der Waals surface area contributed by atoms with Crippen LogP contribution in [0, 0.1) is 6.92 Å². The minimum atomic E-state index is -0.00776. The molecule has 5 heteroatoms. The highest BCUT2D eigenvalue weighted by Gasteiger charge is 2.07. The fourth-order valence-electron chi connectivity index (χ4n) is 2.36. The third kappa shape index (κ3) is 3.04. The molecule has 4 nitrogen and oxygen atoms in total. The first-order chi connectivity index (χ1) is 10.3. The van der Waals surface area contributed by atoms with Gasteiger partial charge in [0.2, 0.25) is 0 Å². The molecule has 0 atom stereocenters. The summed E-state index contributed by atoms with van der Waals surface area (Å²) in [5.74, 6) is 0. The van der Waals surface area contributed by atoms with Gasteiger partial charge in [-0.2, -0.15) is 0 Å². The number of aromatic nitrogens is 2. The van der Waals surface area contributed by atoms with E-state index >= 15 is 0 Å². The zero-order valence-electron chi connectivity index (χ0n) is 11.9. The predicted octanol–water partition coefficient (Wildman–Crippen LogP) is 2.56. The maximum absolute atomic E-state index is 12.3. The smallest absolute Gasteiger partial charge is 0.272 e. The van der Waals surface area contributed by atoms with Crippen molar-refractivity contribution in [3.63, 3.8) is 0 Å². The molecule has 1 N–H and O–H groups in total. The SMILES string of the molecule is Cc1nc2ccccc2n(CCNCc2cccs2)c1=O. The molecule has 2 heterocycles. The number of hydrogen-bond donors (Lipinski definition) is 1. The van der Waals surface area contributed by atoms with Crippen molar-refractivity contribution < 1.29 is 0 Å². The Labute approximate surface area is 127 Å². The summed E-state index contributed by atoms with van der Waals surface area (Å²) < 4.78 is 1.80. The summed E-state index contributed by atoms with van der Waals surface area (Å²) >= 11 is 1.74. The van der Waals surface area contributed by atoms with E-state index in [2.05, 4.69) is 21.7 Å². The van der Waals surface area contributed by atoms with Gasteiger partial charge in [0.25, 0.3) is 5.56 Å². The lowest BCUT2D eigenvalue weighted by molar-refractivity contribution is 0.597. The molecule has 21 heavy (non-hydrogen) atoms. The average Bonchev–Trinajstić information content (AvgIpc) is 3.00. The lowest BCUT2D eigenvalue weighted by atomic mass is 10.2. The van der Waals surface area contributed by atoms with Gasteiger partial charge >= 0.3 is 0 Å². The van der Waals surface area contributed by atoms with E-state index in [1.54, 1.807) is 22.8 Å². The number of thiophene rings is 1. The van der Waals surface area contributed by atoms with Crippen LogP contribution in [0.5, 0.6) is 0 Å². The van der Waals surface area contributed by atoms with E-state index in [1.165, 1.54) is 4.88 Å². The number of fused-ring (bicyclic) bond motifs is 1. The molecule has 0 fully saturated rings. The standard InChI is InChI=1S/C16H17N3OS/c1-12-16(20)19(15-7-3-2-6-14(15)18-12)9-8-17-11-13-5-4-10-21-13/h2-7,10,17H,8-9,11H2,1H3. The van der Waals surface area contributed by atoms with Gasteiger partial charge < -0.3 is 9.88 Å². The first-order valence-electron chi connectivity index (χ1n) is 6.95. The highest BCUT2D eigenvalue weighted by Crippen LogP contribution is 2.10. The molecule has 0 aliphatic carbocycles. The Kier molecular flexibility index (Phi) is 4.13. The van der Waals surface area contributed by atoms with E-state index in [9.17, 15) is 4.79 Å². The minimum absolute atomic E-state index is 0.00776. The van der Waals surface area contributed by atoms with Crippen LogP contribution in [0.3, 0.4) is 0 Å². The van der Waals surface area contributed by atoms with Gasteiger partial charge in [-0.3, -0.25) is 4.79 Å². The molecule has 0 unspecified atom stereocenters. The van der Waals surface area contributed by atoms with E-state index in [0.717, 1.165) is 24.1 Å². The Hall–Kier alpha value is -1.98. The van der Waals surface area contributed by atoms with Crippen LogP contribution in [0.4, 0.5) is 0 Å². The van der Waals surface area contributed by atoms with Gasteiger partial charge in [-0.25, -0.2) is 4.98 Å². The zero-order chi connectivity index (χ0) is 14.7. The van der Waals surface area contributed by atoms with Gasteiger partial charge in [0.05, 0.1) is 11.0 Å². The quantitative estimate of drug-likeness (QED) is 0.737.